The van der Waals surface area contributed by atoms with Gasteiger partial charge in [0.2, 0.25) is 5.91 Å². The molecular formula is C15H17N3O2. The number of nitrogens with zero attached hydrogens (tertiary/aromatic N) is 1. The van der Waals surface area contributed by atoms with Crippen molar-refractivity contribution in [1.82, 2.24) is 15.2 Å². The van der Waals surface area contributed by atoms with Gasteiger partial charge < -0.3 is 10.3 Å². The molecule has 0 atom stereocenters. The van der Waals surface area contributed by atoms with Gasteiger partial charge >= 0.3 is 6.03 Å². The molecule has 1 aromatic heterocycles. The molecule has 5 heteroatoms. The van der Waals surface area contributed by atoms with Crippen molar-refractivity contribution >= 4 is 22.8 Å². The number of H-pyrrole nitrogens is 1. The van der Waals surface area contributed by atoms with Gasteiger partial charge in [-0.1, -0.05) is 18.2 Å². The quantitative estimate of drug-likeness (QED) is 0.879. The highest BCUT2D eigenvalue weighted by molar-refractivity contribution is 5.99. The van der Waals surface area contributed by atoms with Crippen molar-refractivity contribution in [2.24, 2.45) is 5.41 Å². The van der Waals surface area contributed by atoms with Crippen molar-refractivity contribution < 1.29 is 9.59 Å². The lowest BCUT2D eigenvalue weighted by atomic mass is 9.90. The Hall–Kier alpha value is -2.30. The minimum Gasteiger partial charge on any atom is -0.357 e. The molecule has 20 heavy (non-hydrogen) atoms. The van der Waals surface area contributed by atoms with Gasteiger partial charge in [0.15, 0.2) is 0 Å². The lowest BCUT2D eigenvalue weighted by Crippen LogP contribution is -2.58. The van der Waals surface area contributed by atoms with E-state index in [4.69, 9.17) is 0 Å². The molecule has 1 aromatic carbocycles. The van der Waals surface area contributed by atoms with Crippen molar-refractivity contribution in [3.63, 3.8) is 0 Å². The van der Waals surface area contributed by atoms with Gasteiger partial charge in [-0.25, -0.2) is 4.79 Å². The zero-order valence-electron chi connectivity index (χ0n) is 11.6. The van der Waals surface area contributed by atoms with Gasteiger partial charge in [-0.05, 0) is 31.4 Å². The highest BCUT2D eigenvalue weighted by Gasteiger charge is 2.40. The van der Waals surface area contributed by atoms with Crippen LogP contribution in [0.2, 0.25) is 0 Å². The molecule has 1 aliphatic rings. The van der Waals surface area contributed by atoms with Crippen molar-refractivity contribution in [2.45, 2.75) is 20.4 Å². The average Bonchev–Trinajstić information content (AvgIpc) is 2.82. The fourth-order valence-corrected chi connectivity index (χ4v) is 2.46. The van der Waals surface area contributed by atoms with Crippen LogP contribution in [0, 0.1) is 5.41 Å². The third-order valence-corrected chi connectivity index (χ3v) is 3.67. The van der Waals surface area contributed by atoms with Gasteiger partial charge in [0.25, 0.3) is 0 Å². The number of carbonyl (C=O) groups excluding carboxylic acids is 2. The Morgan fingerprint density at radius 1 is 1.25 bits per heavy atom. The average molecular weight is 271 g/mol. The molecule has 5 nitrogen and oxygen atoms in total. The maximum absolute atomic E-state index is 12.3. The Labute approximate surface area is 117 Å². The summed E-state index contributed by atoms with van der Waals surface area (Å²) >= 11 is 0. The summed E-state index contributed by atoms with van der Waals surface area (Å²) in [5, 5.41) is 3.83. The molecule has 2 heterocycles. The van der Waals surface area contributed by atoms with E-state index in [9.17, 15) is 9.59 Å². The number of amides is 3. The Bertz CT molecular complexity index is 654. The van der Waals surface area contributed by atoms with Gasteiger partial charge in [-0.2, -0.15) is 0 Å². The highest BCUT2D eigenvalue weighted by Crippen LogP contribution is 2.24. The second-order valence-corrected chi connectivity index (χ2v) is 5.82. The number of urea groups is 1. The Kier molecular flexibility index (Phi) is 2.78. The number of aromatic amines is 1. The SMILES string of the molecule is CC1(C)CNC(=O)N(Cc2cc3ccccc3[nH]2)C1=O. The summed E-state index contributed by atoms with van der Waals surface area (Å²) < 4.78 is 0. The van der Waals surface area contributed by atoms with E-state index in [-0.39, 0.29) is 18.5 Å². The number of hydrogen-bond donors (Lipinski definition) is 2. The molecule has 0 spiro atoms. The number of rotatable bonds is 2. The lowest BCUT2D eigenvalue weighted by Gasteiger charge is -2.35. The van der Waals surface area contributed by atoms with Gasteiger partial charge in [0.1, 0.15) is 0 Å². The second kappa shape index (κ2) is 4.37. The Balaban J connectivity index is 1.89. The molecule has 104 valence electrons. The first-order chi connectivity index (χ1) is 9.47. The summed E-state index contributed by atoms with van der Waals surface area (Å²) in [6, 6.07) is 9.52. The molecule has 2 aromatic rings. The van der Waals surface area contributed by atoms with Crippen molar-refractivity contribution in [1.29, 1.82) is 0 Å². The number of fused-ring (bicyclic) bond motifs is 1. The van der Waals surface area contributed by atoms with E-state index >= 15 is 0 Å². The molecular weight excluding hydrogens is 254 g/mol. The molecule has 0 aliphatic carbocycles. The Morgan fingerprint density at radius 2 is 2.00 bits per heavy atom. The van der Waals surface area contributed by atoms with Crippen LogP contribution < -0.4 is 5.32 Å². The van der Waals surface area contributed by atoms with Crippen molar-refractivity contribution in [3.8, 4) is 0 Å². The standard InChI is InChI=1S/C15H17N3O2/c1-15(2)9-16-14(20)18(13(15)19)8-11-7-10-5-3-4-6-12(10)17-11/h3-7,17H,8-9H2,1-2H3,(H,16,20). The van der Waals surface area contributed by atoms with Gasteiger partial charge in [0, 0.05) is 17.8 Å². The number of hydrogen-bond acceptors (Lipinski definition) is 2. The van der Waals surface area contributed by atoms with Crippen LogP contribution in [0.5, 0.6) is 0 Å². The molecule has 0 bridgehead atoms. The molecule has 2 N–H and O–H groups in total. The van der Waals surface area contributed by atoms with Crippen LogP contribution in [-0.4, -0.2) is 28.4 Å². The first-order valence-electron chi connectivity index (χ1n) is 6.64. The van der Waals surface area contributed by atoms with E-state index in [2.05, 4.69) is 10.3 Å². The number of aromatic nitrogens is 1. The van der Waals surface area contributed by atoms with E-state index in [1.165, 1.54) is 4.90 Å². The summed E-state index contributed by atoms with van der Waals surface area (Å²) in [5.74, 6) is -0.139. The molecule has 1 aliphatic heterocycles. The van der Waals surface area contributed by atoms with Crippen LogP contribution in [-0.2, 0) is 11.3 Å². The summed E-state index contributed by atoms with van der Waals surface area (Å²) in [7, 11) is 0. The number of benzene rings is 1. The first-order valence-corrected chi connectivity index (χ1v) is 6.64. The fraction of sp³-hybridized carbons (Fsp3) is 0.333. The second-order valence-electron chi connectivity index (χ2n) is 5.82. The van der Waals surface area contributed by atoms with E-state index in [1.54, 1.807) is 0 Å². The summed E-state index contributed by atoms with van der Waals surface area (Å²) in [4.78, 5) is 28.7. The van der Waals surface area contributed by atoms with Crippen LogP contribution >= 0.6 is 0 Å². The molecule has 0 unspecified atom stereocenters. The van der Waals surface area contributed by atoms with Crippen LogP contribution in [0.3, 0.4) is 0 Å². The van der Waals surface area contributed by atoms with E-state index in [0.717, 1.165) is 16.6 Å². The maximum atomic E-state index is 12.3. The third kappa shape index (κ3) is 2.05. The number of nitrogens with one attached hydrogen (secondary N) is 2. The molecule has 0 saturated carbocycles. The minimum atomic E-state index is -0.556. The lowest BCUT2D eigenvalue weighted by molar-refractivity contribution is -0.139. The molecule has 1 saturated heterocycles. The van der Waals surface area contributed by atoms with Crippen molar-refractivity contribution in [3.05, 3.63) is 36.0 Å². The zero-order chi connectivity index (χ0) is 14.3. The van der Waals surface area contributed by atoms with Gasteiger partial charge in [0.05, 0.1) is 12.0 Å². The van der Waals surface area contributed by atoms with Gasteiger partial charge in [-0.3, -0.25) is 9.69 Å². The van der Waals surface area contributed by atoms with Crippen LogP contribution in [0.1, 0.15) is 19.5 Å². The maximum Gasteiger partial charge on any atom is 0.324 e. The normalized spacial score (nSPS) is 18.4. The molecule has 1 fully saturated rings. The third-order valence-electron chi connectivity index (χ3n) is 3.67. The summed E-state index contributed by atoms with van der Waals surface area (Å²) in [6.07, 6.45) is 0. The predicted octanol–water partition coefficient (Wildman–Crippen LogP) is 2.25. The van der Waals surface area contributed by atoms with Crippen molar-refractivity contribution in [2.75, 3.05) is 6.54 Å². The highest BCUT2D eigenvalue weighted by atomic mass is 16.2. The van der Waals surface area contributed by atoms with E-state index in [0.29, 0.717) is 6.54 Å². The largest absolute Gasteiger partial charge is 0.357 e. The predicted molar refractivity (Wildman–Crippen MR) is 76.0 cm³/mol. The Morgan fingerprint density at radius 3 is 2.75 bits per heavy atom. The first kappa shape index (κ1) is 12.7. The van der Waals surface area contributed by atoms with Crippen LogP contribution in [0.4, 0.5) is 4.79 Å². The molecule has 0 radical (unpaired) electrons. The fourth-order valence-electron chi connectivity index (χ4n) is 2.46. The summed E-state index contributed by atoms with van der Waals surface area (Å²) in [6.45, 7) is 4.33. The van der Waals surface area contributed by atoms with Crippen LogP contribution in [0.25, 0.3) is 10.9 Å². The number of carbonyl (C=O) groups is 2. The number of imide groups is 1. The summed E-state index contributed by atoms with van der Waals surface area (Å²) in [5.41, 5.74) is 1.30. The van der Waals surface area contributed by atoms with Gasteiger partial charge in [-0.15, -0.1) is 0 Å². The minimum absolute atomic E-state index is 0.139. The van der Waals surface area contributed by atoms with E-state index in [1.807, 2.05) is 44.2 Å². The monoisotopic (exact) mass is 271 g/mol. The van der Waals surface area contributed by atoms with E-state index < -0.39 is 5.41 Å². The molecule has 3 rings (SSSR count). The smallest absolute Gasteiger partial charge is 0.324 e. The molecule has 3 amide bonds. The zero-order valence-corrected chi connectivity index (χ0v) is 11.6. The van der Waals surface area contributed by atoms with Crippen LogP contribution in [0.15, 0.2) is 30.3 Å². The topological polar surface area (TPSA) is 65.2 Å². The number of para-hydroxylation sites is 1.